The van der Waals surface area contributed by atoms with Crippen molar-refractivity contribution >= 4 is 27.6 Å². The van der Waals surface area contributed by atoms with E-state index in [4.69, 9.17) is 10.5 Å². The summed E-state index contributed by atoms with van der Waals surface area (Å²) in [7, 11) is 0. The molecule has 0 heterocycles. The Morgan fingerprint density at radius 1 is 1.44 bits per heavy atom. The predicted octanol–water partition coefficient (Wildman–Crippen LogP) is 3.76. The number of benzene rings is 1. The van der Waals surface area contributed by atoms with Gasteiger partial charge in [0.1, 0.15) is 5.82 Å². The molecule has 0 saturated heterocycles. The zero-order valence-electron chi connectivity index (χ0n) is 10.5. The molecule has 3 nitrogen and oxygen atoms in total. The highest BCUT2D eigenvalue weighted by Gasteiger charge is 2.16. The van der Waals surface area contributed by atoms with Gasteiger partial charge in [-0.1, -0.05) is 26.7 Å². The number of anilines is 1. The highest BCUT2D eigenvalue weighted by atomic mass is 79.9. The summed E-state index contributed by atoms with van der Waals surface area (Å²) < 4.78 is 18.7. The van der Waals surface area contributed by atoms with Crippen LogP contribution in [0.2, 0.25) is 0 Å². The first-order chi connectivity index (χ1) is 8.49. The normalized spacial score (nSPS) is 10.7. The summed E-state index contributed by atoms with van der Waals surface area (Å²) in [6.07, 6.45) is 1.91. The fraction of sp³-hybridized carbons (Fsp3) is 0.462. The van der Waals surface area contributed by atoms with Crippen LogP contribution in [0.15, 0.2) is 16.6 Å². The van der Waals surface area contributed by atoms with Crippen molar-refractivity contribution in [2.24, 2.45) is 5.92 Å². The molecule has 0 aromatic heterocycles. The highest BCUT2D eigenvalue weighted by molar-refractivity contribution is 9.10. The number of carbonyl (C=O) groups excluding carboxylic acids is 1. The van der Waals surface area contributed by atoms with E-state index in [2.05, 4.69) is 15.9 Å². The van der Waals surface area contributed by atoms with Gasteiger partial charge >= 0.3 is 5.97 Å². The number of hydrogen-bond acceptors (Lipinski definition) is 3. The van der Waals surface area contributed by atoms with E-state index in [1.165, 1.54) is 12.1 Å². The van der Waals surface area contributed by atoms with Crippen molar-refractivity contribution in [3.63, 3.8) is 0 Å². The third-order valence-electron chi connectivity index (χ3n) is 2.91. The highest BCUT2D eigenvalue weighted by Crippen LogP contribution is 2.24. The summed E-state index contributed by atoms with van der Waals surface area (Å²) >= 11 is 3.13. The van der Waals surface area contributed by atoms with Crippen molar-refractivity contribution in [2.45, 2.75) is 26.7 Å². The summed E-state index contributed by atoms with van der Waals surface area (Å²) in [5.41, 5.74) is 5.62. The molecule has 0 spiro atoms. The van der Waals surface area contributed by atoms with E-state index < -0.39 is 11.8 Å². The maximum absolute atomic E-state index is 13.1. The van der Waals surface area contributed by atoms with E-state index in [0.29, 0.717) is 17.0 Å². The molecule has 0 fully saturated rings. The zero-order chi connectivity index (χ0) is 13.7. The molecule has 0 amide bonds. The molecule has 0 unspecified atom stereocenters. The van der Waals surface area contributed by atoms with E-state index in [1.807, 2.05) is 13.8 Å². The van der Waals surface area contributed by atoms with Crippen LogP contribution in [0, 0.1) is 11.7 Å². The summed E-state index contributed by atoms with van der Waals surface area (Å²) in [5.74, 6) is -0.690. The summed E-state index contributed by atoms with van der Waals surface area (Å²) in [5, 5.41) is 0. The first-order valence-electron chi connectivity index (χ1n) is 5.91. The maximum atomic E-state index is 13.1. The van der Waals surface area contributed by atoms with Gasteiger partial charge in [0, 0.05) is 4.47 Å². The van der Waals surface area contributed by atoms with Gasteiger partial charge < -0.3 is 10.5 Å². The van der Waals surface area contributed by atoms with E-state index in [0.717, 1.165) is 12.8 Å². The number of nitrogens with two attached hydrogens (primary N) is 1. The molecule has 0 bridgehead atoms. The van der Waals surface area contributed by atoms with Gasteiger partial charge in [-0.05, 0) is 34.0 Å². The molecule has 5 heteroatoms. The second kappa shape index (κ2) is 6.73. The van der Waals surface area contributed by atoms with E-state index in [-0.39, 0.29) is 11.3 Å². The Hall–Kier alpha value is -1.10. The van der Waals surface area contributed by atoms with Crippen LogP contribution in [0.4, 0.5) is 10.1 Å². The van der Waals surface area contributed by atoms with E-state index in [9.17, 15) is 9.18 Å². The third-order valence-corrected chi connectivity index (χ3v) is 3.57. The molecule has 18 heavy (non-hydrogen) atoms. The molecule has 1 aromatic rings. The monoisotopic (exact) mass is 317 g/mol. The lowest BCUT2D eigenvalue weighted by Gasteiger charge is -2.13. The lowest BCUT2D eigenvalue weighted by molar-refractivity contribution is 0.0432. The first-order valence-corrected chi connectivity index (χ1v) is 6.70. The summed E-state index contributed by atoms with van der Waals surface area (Å²) in [6, 6.07) is 2.46. The van der Waals surface area contributed by atoms with Gasteiger partial charge in [-0.15, -0.1) is 0 Å². The van der Waals surface area contributed by atoms with Crippen LogP contribution in [0.3, 0.4) is 0 Å². The third kappa shape index (κ3) is 3.70. The molecule has 0 saturated carbocycles. The molecular weight excluding hydrogens is 301 g/mol. The van der Waals surface area contributed by atoms with Crippen LogP contribution < -0.4 is 5.73 Å². The van der Waals surface area contributed by atoms with Gasteiger partial charge in [0.05, 0.1) is 17.9 Å². The first kappa shape index (κ1) is 15.0. The molecule has 0 aliphatic heterocycles. The van der Waals surface area contributed by atoms with Gasteiger partial charge in [0.15, 0.2) is 0 Å². The van der Waals surface area contributed by atoms with E-state index in [1.54, 1.807) is 0 Å². The Labute approximate surface area is 115 Å². The predicted molar refractivity (Wildman–Crippen MR) is 72.9 cm³/mol. The zero-order valence-corrected chi connectivity index (χ0v) is 12.1. The summed E-state index contributed by atoms with van der Waals surface area (Å²) in [6.45, 7) is 4.47. The number of esters is 1. The van der Waals surface area contributed by atoms with Gasteiger partial charge in [0.25, 0.3) is 0 Å². The lowest BCUT2D eigenvalue weighted by atomic mass is 10.1. The quantitative estimate of drug-likeness (QED) is 0.664. The van der Waals surface area contributed by atoms with Crippen LogP contribution in [-0.4, -0.2) is 12.6 Å². The minimum Gasteiger partial charge on any atom is -0.462 e. The molecule has 0 aliphatic carbocycles. The molecule has 1 aromatic carbocycles. The molecule has 0 aliphatic rings. The fourth-order valence-corrected chi connectivity index (χ4v) is 2.00. The molecule has 100 valence electrons. The Balaban J connectivity index is 2.76. The molecular formula is C13H17BrFNO2. The largest absolute Gasteiger partial charge is 0.462 e. The number of nitrogen functional groups attached to an aromatic ring is 1. The van der Waals surface area contributed by atoms with Crippen molar-refractivity contribution in [2.75, 3.05) is 12.3 Å². The van der Waals surface area contributed by atoms with Gasteiger partial charge in [0.2, 0.25) is 0 Å². The molecule has 1 rings (SSSR count). The van der Waals surface area contributed by atoms with Gasteiger partial charge in [-0.25, -0.2) is 9.18 Å². The SMILES string of the molecule is CCC(CC)COC(=O)c1cc(N)c(F)cc1Br. The second-order valence-electron chi connectivity index (χ2n) is 4.13. The van der Waals surface area contributed by atoms with Crippen LogP contribution in [0.1, 0.15) is 37.0 Å². The minimum absolute atomic E-state index is 0.0623. The van der Waals surface area contributed by atoms with Crippen LogP contribution in [0.5, 0.6) is 0 Å². The van der Waals surface area contributed by atoms with Crippen molar-refractivity contribution in [3.05, 3.63) is 28.0 Å². The van der Waals surface area contributed by atoms with Crippen LogP contribution in [0.25, 0.3) is 0 Å². The smallest absolute Gasteiger partial charge is 0.339 e. The van der Waals surface area contributed by atoms with Crippen LogP contribution >= 0.6 is 15.9 Å². The van der Waals surface area contributed by atoms with Crippen molar-refractivity contribution < 1.29 is 13.9 Å². The number of carbonyl (C=O) groups is 1. The molecule has 0 atom stereocenters. The average Bonchev–Trinajstić information content (AvgIpc) is 2.34. The molecule has 0 radical (unpaired) electrons. The molecule has 2 N–H and O–H groups in total. The average molecular weight is 318 g/mol. The summed E-state index contributed by atoms with van der Waals surface area (Å²) in [4.78, 5) is 11.8. The van der Waals surface area contributed by atoms with E-state index >= 15 is 0 Å². The van der Waals surface area contributed by atoms with Crippen molar-refractivity contribution in [1.82, 2.24) is 0 Å². The number of rotatable bonds is 5. The Morgan fingerprint density at radius 2 is 2.06 bits per heavy atom. The Morgan fingerprint density at radius 3 is 2.61 bits per heavy atom. The topological polar surface area (TPSA) is 52.3 Å². The maximum Gasteiger partial charge on any atom is 0.339 e. The fourth-order valence-electron chi connectivity index (χ4n) is 1.52. The Kier molecular flexibility index (Phi) is 5.59. The lowest BCUT2D eigenvalue weighted by Crippen LogP contribution is -2.14. The number of hydrogen-bond donors (Lipinski definition) is 1. The van der Waals surface area contributed by atoms with Crippen molar-refractivity contribution in [1.29, 1.82) is 0 Å². The van der Waals surface area contributed by atoms with Crippen LogP contribution in [-0.2, 0) is 4.74 Å². The standard InChI is InChI=1S/C13H17BrFNO2/c1-3-8(4-2)7-18-13(17)9-5-12(16)11(15)6-10(9)14/h5-6,8H,3-4,7,16H2,1-2H3. The van der Waals surface area contributed by atoms with Crippen molar-refractivity contribution in [3.8, 4) is 0 Å². The minimum atomic E-state index is -0.557. The van der Waals surface area contributed by atoms with Gasteiger partial charge in [-0.3, -0.25) is 0 Å². The Bertz CT molecular complexity index is 433. The number of halogens is 2. The van der Waals surface area contributed by atoms with Gasteiger partial charge in [-0.2, -0.15) is 0 Å². The second-order valence-corrected chi connectivity index (χ2v) is 4.99. The number of ether oxygens (including phenoxy) is 1.